The van der Waals surface area contributed by atoms with Crippen LogP contribution in [0.1, 0.15) is 169 Å². The van der Waals surface area contributed by atoms with Gasteiger partial charge in [0.25, 0.3) is 0 Å². The zero-order valence-electron chi connectivity index (χ0n) is 38.5. The van der Waals surface area contributed by atoms with Crippen LogP contribution in [0.15, 0.2) is 0 Å². The first-order valence-corrected chi connectivity index (χ1v) is 23.1. The Balaban J connectivity index is -0.00000124. The van der Waals surface area contributed by atoms with Crippen molar-refractivity contribution < 1.29 is 64.1 Å². The van der Waals surface area contributed by atoms with Gasteiger partial charge in [-0.2, -0.15) is 0 Å². The van der Waals surface area contributed by atoms with E-state index in [1.807, 2.05) is 0 Å². The minimum absolute atomic E-state index is 0. The SMILES string of the molecule is CCC(=O)NCCOCCOCC(=O)NCCCC[C@H](C)C(N)=O.COCCOCCCC(=O)CC[C@H](NC(=O)CCCCCCCCCCCCCCCCC(=O)O)C(=O)O.[HH]. The maximum Gasteiger partial charge on any atom is 0.326 e. The van der Waals surface area contributed by atoms with Crippen molar-refractivity contribution in [2.75, 3.05) is 66.4 Å². The smallest absolute Gasteiger partial charge is 0.326 e. The normalized spacial score (nSPS) is 11.8. The molecule has 0 heterocycles. The van der Waals surface area contributed by atoms with Crippen LogP contribution in [0.3, 0.4) is 0 Å². The first kappa shape index (κ1) is 60.4. The van der Waals surface area contributed by atoms with Crippen LogP contribution in [0.25, 0.3) is 0 Å². The highest BCUT2D eigenvalue weighted by Crippen LogP contribution is 2.14. The molecule has 0 radical (unpaired) electrons. The zero-order chi connectivity index (χ0) is 46.5. The molecule has 0 aliphatic rings. The number of primary amides is 1. The number of ether oxygens (including phenoxy) is 4. The Morgan fingerprint density at radius 3 is 1.63 bits per heavy atom. The molecule has 0 saturated heterocycles. The number of amides is 4. The molecule has 0 aliphatic carbocycles. The Labute approximate surface area is 372 Å². The Hall–Kier alpha value is -3.67. The van der Waals surface area contributed by atoms with Crippen molar-refractivity contribution in [2.45, 2.75) is 174 Å². The largest absolute Gasteiger partial charge is 0.481 e. The van der Waals surface area contributed by atoms with Crippen LogP contribution >= 0.6 is 0 Å². The summed E-state index contributed by atoms with van der Waals surface area (Å²) in [5, 5.41) is 26.0. The molecule has 4 amide bonds. The maximum atomic E-state index is 12.2. The van der Waals surface area contributed by atoms with Crippen LogP contribution in [0, 0.1) is 5.92 Å². The lowest BCUT2D eigenvalue weighted by Crippen LogP contribution is -2.41. The highest BCUT2D eigenvalue weighted by Gasteiger charge is 2.20. The number of carboxylic acid groups (broad SMARTS) is 2. The molecule has 0 aliphatic heterocycles. The number of hydrogen-bond donors (Lipinski definition) is 6. The van der Waals surface area contributed by atoms with Crippen LogP contribution in [0.4, 0.5) is 0 Å². The number of methoxy groups -OCH3 is 1. The van der Waals surface area contributed by atoms with E-state index in [1.54, 1.807) is 21.0 Å². The van der Waals surface area contributed by atoms with E-state index in [4.69, 9.17) is 29.8 Å². The fourth-order valence-electron chi connectivity index (χ4n) is 6.02. The van der Waals surface area contributed by atoms with Crippen molar-refractivity contribution in [3.8, 4) is 0 Å². The summed E-state index contributed by atoms with van der Waals surface area (Å²) in [7, 11) is 1.59. The summed E-state index contributed by atoms with van der Waals surface area (Å²) < 4.78 is 20.6. The van der Waals surface area contributed by atoms with E-state index in [-0.39, 0.29) is 62.6 Å². The number of carboxylic acids is 2. The first-order chi connectivity index (χ1) is 29.8. The molecule has 17 nitrogen and oxygen atoms in total. The number of rotatable bonds is 44. The van der Waals surface area contributed by atoms with E-state index in [0.29, 0.717) is 78.4 Å². The lowest BCUT2D eigenvalue weighted by atomic mass is 10.0. The molecule has 0 saturated carbocycles. The third kappa shape index (κ3) is 45.8. The first-order valence-electron chi connectivity index (χ1n) is 23.1. The molecule has 0 aromatic rings. The summed E-state index contributed by atoms with van der Waals surface area (Å²) in [4.78, 5) is 79.4. The number of nitrogens with two attached hydrogens (primary N) is 1. The second-order valence-corrected chi connectivity index (χ2v) is 15.6. The van der Waals surface area contributed by atoms with Crippen LogP contribution in [0.2, 0.25) is 0 Å². The van der Waals surface area contributed by atoms with E-state index >= 15 is 0 Å². The summed E-state index contributed by atoms with van der Waals surface area (Å²) in [5.41, 5.74) is 5.17. The lowest BCUT2D eigenvalue weighted by Gasteiger charge is -2.14. The van der Waals surface area contributed by atoms with Gasteiger partial charge in [0.1, 0.15) is 18.4 Å². The molecule has 17 heteroatoms. The Morgan fingerprint density at radius 1 is 0.548 bits per heavy atom. The van der Waals surface area contributed by atoms with Gasteiger partial charge < -0.3 is 50.8 Å². The fourth-order valence-corrected chi connectivity index (χ4v) is 6.02. The standard InChI is InChI=1S/C29H53NO8.C16H31N3O5.H2/c1-37-23-24-38-22-16-17-25(31)20-21-26(29(35)36)30-27(32)18-14-12-10-8-6-4-2-3-5-7-9-11-13-15-19-28(33)34;1-3-14(20)19-8-9-23-10-11-24-12-15(21)18-7-5-4-6-13(2)16(17)22;/h26H,2-24H2,1H3,(H,30,32)(H,33,34)(H,35,36);13H,3-12H2,1-2H3,(H2,17,22)(H,18,21)(H,19,20);1H/t26-;13-;/m00./s1. The minimum Gasteiger partial charge on any atom is -0.481 e. The zero-order valence-corrected chi connectivity index (χ0v) is 38.5. The van der Waals surface area contributed by atoms with Gasteiger partial charge >= 0.3 is 11.9 Å². The maximum absolute atomic E-state index is 12.2. The fraction of sp³-hybridized carbons (Fsp3) is 0.844. The number of ketones is 1. The summed E-state index contributed by atoms with van der Waals surface area (Å²) in [5.74, 6) is -2.69. The molecule has 0 aromatic carbocycles. The Kier molecular flexibility index (Phi) is 44.2. The molecule has 62 heavy (non-hydrogen) atoms. The molecule has 364 valence electrons. The summed E-state index contributed by atoms with van der Waals surface area (Å²) in [6.07, 6.45) is 20.1. The highest BCUT2D eigenvalue weighted by molar-refractivity contribution is 5.84. The predicted molar refractivity (Wildman–Crippen MR) is 240 cm³/mol. The van der Waals surface area contributed by atoms with E-state index in [0.717, 1.165) is 64.2 Å². The monoisotopic (exact) mass is 891 g/mol. The van der Waals surface area contributed by atoms with Crippen molar-refractivity contribution in [1.29, 1.82) is 0 Å². The van der Waals surface area contributed by atoms with Gasteiger partial charge in [-0.1, -0.05) is 97.3 Å². The lowest BCUT2D eigenvalue weighted by molar-refractivity contribution is -0.142. The van der Waals surface area contributed by atoms with Crippen molar-refractivity contribution in [2.24, 2.45) is 11.7 Å². The summed E-state index contributed by atoms with van der Waals surface area (Å²) in [6.45, 7) is 7.20. The molecule has 0 bridgehead atoms. The molecule has 0 unspecified atom stereocenters. The van der Waals surface area contributed by atoms with Crippen LogP contribution in [-0.4, -0.2) is 124 Å². The van der Waals surface area contributed by atoms with Crippen LogP contribution in [-0.2, 0) is 52.5 Å². The number of aliphatic carboxylic acids is 2. The molecule has 0 aromatic heterocycles. The van der Waals surface area contributed by atoms with Crippen LogP contribution in [0.5, 0.6) is 0 Å². The second kappa shape index (κ2) is 45.4. The number of unbranched alkanes of at least 4 members (excludes halogenated alkanes) is 14. The number of carbonyl (C=O) groups is 7. The summed E-state index contributed by atoms with van der Waals surface area (Å²) in [6, 6.07) is -1.03. The third-order valence-corrected chi connectivity index (χ3v) is 9.93. The van der Waals surface area contributed by atoms with Gasteiger partial charge in [-0.3, -0.25) is 28.8 Å². The molecule has 0 fully saturated rings. The molecule has 7 N–H and O–H groups in total. The van der Waals surface area contributed by atoms with Crippen molar-refractivity contribution in [1.82, 2.24) is 16.0 Å². The van der Waals surface area contributed by atoms with Crippen molar-refractivity contribution >= 4 is 41.4 Å². The quantitative estimate of drug-likeness (QED) is 0.0392. The van der Waals surface area contributed by atoms with E-state index in [1.165, 1.54) is 44.9 Å². The number of carbonyl (C=O) groups excluding carboxylic acids is 5. The van der Waals surface area contributed by atoms with Gasteiger partial charge in [0, 0.05) is 66.3 Å². The predicted octanol–water partition coefficient (Wildman–Crippen LogP) is 5.87. The Bertz CT molecular complexity index is 1180. The van der Waals surface area contributed by atoms with Gasteiger partial charge in [-0.25, -0.2) is 4.79 Å². The molecular formula is C45H86N4O13. The number of Topliss-reactive ketones (excluding diaryl/α,β-unsaturated/α-hetero) is 1. The highest BCUT2D eigenvalue weighted by atomic mass is 16.5. The second-order valence-electron chi connectivity index (χ2n) is 15.6. The van der Waals surface area contributed by atoms with E-state index < -0.39 is 18.0 Å². The average molecular weight is 891 g/mol. The average Bonchev–Trinajstić information content (AvgIpc) is 3.23. The van der Waals surface area contributed by atoms with Gasteiger partial charge in [0.15, 0.2) is 0 Å². The van der Waals surface area contributed by atoms with Gasteiger partial charge in [-0.15, -0.1) is 0 Å². The number of hydrogen-bond acceptors (Lipinski definition) is 11. The van der Waals surface area contributed by atoms with Crippen molar-refractivity contribution in [3.05, 3.63) is 0 Å². The van der Waals surface area contributed by atoms with Crippen LogP contribution < -0.4 is 21.7 Å². The number of nitrogens with one attached hydrogen (secondary N) is 3. The molecule has 0 rings (SSSR count). The van der Waals surface area contributed by atoms with E-state index in [9.17, 15) is 38.7 Å². The minimum atomic E-state index is -1.11. The summed E-state index contributed by atoms with van der Waals surface area (Å²) >= 11 is 0. The van der Waals surface area contributed by atoms with Gasteiger partial charge in [0.2, 0.25) is 23.6 Å². The third-order valence-electron chi connectivity index (χ3n) is 9.93. The van der Waals surface area contributed by atoms with E-state index in [2.05, 4.69) is 16.0 Å². The van der Waals surface area contributed by atoms with Gasteiger partial charge in [0.05, 0.1) is 33.0 Å². The van der Waals surface area contributed by atoms with Gasteiger partial charge in [-0.05, 0) is 38.5 Å². The van der Waals surface area contributed by atoms with Crippen molar-refractivity contribution in [3.63, 3.8) is 0 Å². The molecule has 0 spiro atoms. The molecule has 2 atom stereocenters. The topological polar surface area (TPSA) is 259 Å². The Morgan fingerprint density at radius 2 is 1.08 bits per heavy atom. The molecular weight excluding hydrogens is 805 g/mol.